The van der Waals surface area contributed by atoms with Gasteiger partial charge in [0.25, 0.3) is 0 Å². The topological polar surface area (TPSA) is 140 Å². The molecule has 6 N–H and O–H groups in total. The van der Waals surface area contributed by atoms with Crippen LogP contribution in [-0.2, 0) is 9.47 Å². The van der Waals surface area contributed by atoms with Crippen LogP contribution in [0.15, 0.2) is 23.3 Å². The van der Waals surface area contributed by atoms with Gasteiger partial charge in [0.1, 0.15) is 24.4 Å². The molecule has 1 rings (SSSR count). The predicted octanol–water partition coefficient (Wildman–Crippen LogP) is -1.56. The molecule has 0 radical (unpaired) electrons. The van der Waals surface area contributed by atoms with E-state index >= 15 is 0 Å². The number of aliphatic hydroxyl groups is 6. The van der Waals surface area contributed by atoms with Crippen LogP contribution >= 0.6 is 0 Å². The second kappa shape index (κ2) is 10.2. The smallest absolute Gasteiger partial charge is 0.187 e. The zero-order valence-corrected chi connectivity index (χ0v) is 13.9. The van der Waals surface area contributed by atoms with Crippen molar-refractivity contribution in [2.45, 2.75) is 57.1 Å². The van der Waals surface area contributed by atoms with Crippen LogP contribution in [0.5, 0.6) is 0 Å². The van der Waals surface area contributed by atoms with E-state index < -0.39 is 43.4 Å². The van der Waals surface area contributed by atoms with E-state index in [1.54, 1.807) is 26.0 Å². The summed E-state index contributed by atoms with van der Waals surface area (Å²) < 4.78 is 10.5. The molecule has 8 nitrogen and oxygen atoms in total. The Hall–Kier alpha value is -0.840. The Morgan fingerprint density at radius 1 is 1.08 bits per heavy atom. The van der Waals surface area contributed by atoms with E-state index in [9.17, 15) is 20.4 Å². The minimum Gasteiger partial charge on any atom is -0.394 e. The number of hydrogen-bond acceptors (Lipinski definition) is 8. The summed E-state index contributed by atoms with van der Waals surface area (Å²) in [5.74, 6) is 0. The fraction of sp³-hybridized carbons (Fsp3) is 0.750. The quantitative estimate of drug-likeness (QED) is 0.289. The molecule has 1 aliphatic heterocycles. The molecular formula is C16H28O8. The van der Waals surface area contributed by atoms with Crippen LogP contribution in [0.2, 0.25) is 0 Å². The molecule has 8 heteroatoms. The van der Waals surface area contributed by atoms with Gasteiger partial charge in [0.05, 0.1) is 25.9 Å². The van der Waals surface area contributed by atoms with Gasteiger partial charge < -0.3 is 40.1 Å². The van der Waals surface area contributed by atoms with Crippen molar-refractivity contribution in [2.75, 3.05) is 19.8 Å². The van der Waals surface area contributed by atoms with E-state index in [1.807, 2.05) is 0 Å². The first-order chi connectivity index (χ1) is 11.3. The summed E-state index contributed by atoms with van der Waals surface area (Å²) in [5, 5.41) is 57.1. The highest BCUT2D eigenvalue weighted by atomic mass is 16.7. The molecule has 140 valence electrons. The van der Waals surface area contributed by atoms with Crippen molar-refractivity contribution in [2.24, 2.45) is 0 Å². The van der Waals surface area contributed by atoms with Crippen molar-refractivity contribution >= 4 is 0 Å². The summed E-state index contributed by atoms with van der Waals surface area (Å²) in [4.78, 5) is 0. The van der Waals surface area contributed by atoms with E-state index in [1.165, 1.54) is 0 Å². The van der Waals surface area contributed by atoms with Crippen LogP contribution < -0.4 is 0 Å². The molecule has 1 heterocycles. The second-order valence-corrected chi connectivity index (χ2v) is 5.94. The predicted molar refractivity (Wildman–Crippen MR) is 84.9 cm³/mol. The lowest BCUT2D eigenvalue weighted by molar-refractivity contribution is -0.298. The third kappa shape index (κ3) is 5.91. The summed E-state index contributed by atoms with van der Waals surface area (Å²) >= 11 is 0. The normalized spacial score (nSPS) is 33.6. The van der Waals surface area contributed by atoms with Crippen molar-refractivity contribution in [3.63, 3.8) is 0 Å². The van der Waals surface area contributed by atoms with E-state index in [-0.39, 0.29) is 13.2 Å². The molecule has 0 amide bonds. The van der Waals surface area contributed by atoms with E-state index in [0.717, 1.165) is 5.57 Å². The van der Waals surface area contributed by atoms with Gasteiger partial charge in [-0.15, -0.1) is 0 Å². The van der Waals surface area contributed by atoms with Gasteiger partial charge in [-0.05, 0) is 25.8 Å². The first-order valence-corrected chi connectivity index (χ1v) is 7.85. The lowest BCUT2D eigenvalue weighted by Gasteiger charge is -2.39. The van der Waals surface area contributed by atoms with Gasteiger partial charge in [-0.1, -0.05) is 17.7 Å². The molecule has 0 saturated carbocycles. The molecule has 0 unspecified atom stereocenters. The number of rotatable bonds is 8. The molecule has 0 spiro atoms. The third-order valence-corrected chi connectivity index (χ3v) is 3.98. The molecule has 1 aliphatic rings. The maximum atomic E-state index is 9.97. The van der Waals surface area contributed by atoms with E-state index in [0.29, 0.717) is 12.0 Å². The van der Waals surface area contributed by atoms with Crippen LogP contribution in [0.1, 0.15) is 20.3 Å². The van der Waals surface area contributed by atoms with E-state index in [2.05, 4.69) is 0 Å². The van der Waals surface area contributed by atoms with Gasteiger partial charge >= 0.3 is 0 Å². The standard InChI is InChI=1S/C16H28O8/c1-9(7-17)3-4-11(19)10(2)5-6-23-16-15(22)14(21)13(20)12(8-18)24-16/h3,5,11-22H,4,6-8H2,1-2H3/b9-3+,10-5+/t11-,12-,13-,14+,15-,16-/m0/s1. The van der Waals surface area contributed by atoms with Crippen LogP contribution in [0.4, 0.5) is 0 Å². The largest absolute Gasteiger partial charge is 0.394 e. The molecular weight excluding hydrogens is 320 g/mol. The highest BCUT2D eigenvalue weighted by Gasteiger charge is 2.43. The van der Waals surface area contributed by atoms with Crippen LogP contribution in [-0.4, -0.2) is 87.3 Å². The van der Waals surface area contributed by atoms with Gasteiger partial charge in [0, 0.05) is 0 Å². The molecule has 1 saturated heterocycles. The maximum absolute atomic E-state index is 9.97. The number of aliphatic hydroxyl groups excluding tert-OH is 6. The Balaban J connectivity index is 2.52. The highest BCUT2D eigenvalue weighted by Crippen LogP contribution is 2.22. The second-order valence-electron chi connectivity index (χ2n) is 5.94. The van der Waals surface area contributed by atoms with Gasteiger partial charge in [-0.25, -0.2) is 0 Å². The fourth-order valence-electron chi connectivity index (χ4n) is 2.18. The molecule has 6 atom stereocenters. The molecule has 0 aromatic heterocycles. The number of ether oxygens (including phenoxy) is 2. The van der Waals surface area contributed by atoms with Gasteiger partial charge in [0.15, 0.2) is 6.29 Å². The Morgan fingerprint density at radius 3 is 2.33 bits per heavy atom. The van der Waals surface area contributed by atoms with Gasteiger partial charge in [0.2, 0.25) is 0 Å². The van der Waals surface area contributed by atoms with Crippen LogP contribution in [0.3, 0.4) is 0 Å². The molecule has 0 aromatic rings. The van der Waals surface area contributed by atoms with Crippen molar-refractivity contribution in [1.82, 2.24) is 0 Å². The third-order valence-electron chi connectivity index (χ3n) is 3.98. The summed E-state index contributed by atoms with van der Waals surface area (Å²) in [6.45, 7) is 2.90. The lowest BCUT2D eigenvalue weighted by Crippen LogP contribution is -2.59. The summed E-state index contributed by atoms with van der Waals surface area (Å²) in [6.07, 6.45) is -3.60. The average Bonchev–Trinajstić information content (AvgIpc) is 2.58. The SMILES string of the molecule is C/C(=C\C[C@H](O)/C(C)=C/CO[C@H]1O[C@@H](CO)[C@H](O)[C@@H](O)[C@@H]1O)CO. The Bertz CT molecular complexity index is 434. The first kappa shape index (κ1) is 21.2. The summed E-state index contributed by atoms with van der Waals surface area (Å²) in [7, 11) is 0. The van der Waals surface area contributed by atoms with E-state index in [4.69, 9.17) is 19.7 Å². The number of hydrogen-bond donors (Lipinski definition) is 6. The molecule has 0 bridgehead atoms. The van der Waals surface area contributed by atoms with Crippen LogP contribution in [0.25, 0.3) is 0 Å². The Morgan fingerprint density at radius 2 is 1.75 bits per heavy atom. The summed E-state index contributed by atoms with van der Waals surface area (Å²) in [5.41, 5.74) is 1.40. The van der Waals surface area contributed by atoms with Crippen molar-refractivity contribution < 1.29 is 40.1 Å². The minimum absolute atomic E-state index is 0.00821. The average molecular weight is 348 g/mol. The van der Waals surface area contributed by atoms with Crippen LogP contribution in [0, 0.1) is 0 Å². The van der Waals surface area contributed by atoms with Crippen molar-refractivity contribution in [3.8, 4) is 0 Å². The molecule has 0 aromatic carbocycles. The molecule has 24 heavy (non-hydrogen) atoms. The zero-order chi connectivity index (χ0) is 18.3. The Kier molecular flexibility index (Phi) is 9.03. The maximum Gasteiger partial charge on any atom is 0.187 e. The fourth-order valence-corrected chi connectivity index (χ4v) is 2.18. The Labute approximate surface area is 141 Å². The summed E-state index contributed by atoms with van der Waals surface area (Å²) in [6, 6.07) is 0. The van der Waals surface area contributed by atoms with Crippen molar-refractivity contribution in [1.29, 1.82) is 0 Å². The monoisotopic (exact) mass is 348 g/mol. The zero-order valence-electron chi connectivity index (χ0n) is 13.9. The van der Waals surface area contributed by atoms with Crippen molar-refractivity contribution in [3.05, 3.63) is 23.3 Å². The molecule has 1 fully saturated rings. The lowest BCUT2D eigenvalue weighted by atomic mass is 9.99. The highest BCUT2D eigenvalue weighted by molar-refractivity contribution is 5.09. The minimum atomic E-state index is -1.48. The van der Waals surface area contributed by atoms with Gasteiger partial charge in [-0.3, -0.25) is 0 Å². The molecule has 0 aliphatic carbocycles. The first-order valence-electron chi connectivity index (χ1n) is 7.85. The van der Waals surface area contributed by atoms with Gasteiger partial charge in [-0.2, -0.15) is 0 Å².